The Morgan fingerprint density at radius 1 is 1.30 bits per heavy atom. The van der Waals surface area contributed by atoms with Crippen molar-refractivity contribution in [1.29, 1.82) is 0 Å². The van der Waals surface area contributed by atoms with E-state index in [9.17, 15) is 8.78 Å². The van der Waals surface area contributed by atoms with Crippen LogP contribution in [0.25, 0.3) is 0 Å². The van der Waals surface area contributed by atoms with Crippen LogP contribution >= 0.6 is 0 Å². The number of aromatic nitrogens is 3. The van der Waals surface area contributed by atoms with E-state index in [1.54, 1.807) is 22.9 Å². The lowest BCUT2D eigenvalue weighted by molar-refractivity contribution is -0.0493. The van der Waals surface area contributed by atoms with Gasteiger partial charge in [-0.15, -0.1) is 0 Å². The largest absolute Gasteiger partial charge is 0.433 e. The first-order chi connectivity index (χ1) is 9.58. The number of hydrogen-bond acceptors (Lipinski definition) is 4. The molecule has 0 amide bonds. The summed E-state index contributed by atoms with van der Waals surface area (Å²) in [7, 11) is 0. The molecule has 0 atom stereocenters. The van der Waals surface area contributed by atoms with Crippen molar-refractivity contribution in [2.45, 2.75) is 33.0 Å². The molecule has 1 heterocycles. The van der Waals surface area contributed by atoms with Crippen LogP contribution in [0.2, 0.25) is 0 Å². The van der Waals surface area contributed by atoms with Crippen molar-refractivity contribution in [3.8, 4) is 5.75 Å². The van der Waals surface area contributed by atoms with E-state index >= 15 is 0 Å². The van der Waals surface area contributed by atoms with Gasteiger partial charge in [-0.3, -0.25) is 0 Å². The van der Waals surface area contributed by atoms with Gasteiger partial charge in [0.1, 0.15) is 17.9 Å². The summed E-state index contributed by atoms with van der Waals surface area (Å²) in [5, 5.41) is 7.15. The Morgan fingerprint density at radius 2 is 2.05 bits per heavy atom. The maximum absolute atomic E-state index is 12.3. The maximum atomic E-state index is 12.3. The average Bonchev–Trinajstić information content (AvgIpc) is 2.85. The molecule has 5 nitrogen and oxygen atoms in total. The van der Waals surface area contributed by atoms with Gasteiger partial charge >= 0.3 is 6.61 Å². The highest BCUT2D eigenvalue weighted by atomic mass is 19.3. The van der Waals surface area contributed by atoms with E-state index in [2.05, 4.69) is 20.1 Å². The number of halogens is 2. The minimum Gasteiger partial charge on any atom is -0.433 e. The van der Waals surface area contributed by atoms with Gasteiger partial charge in [-0.1, -0.05) is 12.1 Å². The molecule has 1 aromatic heterocycles. The Bertz CT molecular complexity index is 557. The molecule has 0 aliphatic rings. The van der Waals surface area contributed by atoms with Gasteiger partial charge in [0.15, 0.2) is 0 Å². The quantitative estimate of drug-likeness (QED) is 0.884. The number of ether oxygens (including phenoxy) is 1. The highest BCUT2D eigenvalue weighted by Gasteiger charge is 2.11. The van der Waals surface area contributed by atoms with Crippen LogP contribution in [0, 0.1) is 0 Å². The zero-order valence-corrected chi connectivity index (χ0v) is 11.3. The van der Waals surface area contributed by atoms with E-state index in [0.29, 0.717) is 12.2 Å². The fourth-order valence-corrected chi connectivity index (χ4v) is 1.82. The lowest BCUT2D eigenvalue weighted by atomic mass is 10.3. The third-order valence-electron chi connectivity index (χ3n) is 2.68. The van der Waals surface area contributed by atoms with Gasteiger partial charge < -0.3 is 10.1 Å². The van der Waals surface area contributed by atoms with Gasteiger partial charge in [0.05, 0.1) is 12.2 Å². The monoisotopic (exact) mass is 282 g/mol. The van der Waals surface area contributed by atoms with Crippen molar-refractivity contribution < 1.29 is 13.5 Å². The molecule has 0 fully saturated rings. The maximum Gasteiger partial charge on any atom is 0.387 e. The summed E-state index contributed by atoms with van der Waals surface area (Å²) < 4.78 is 30.8. The van der Waals surface area contributed by atoms with E-state index in [-0.39, 0.29) is 11.8 Å². The topological polar surface area (TPSA) is 52.0 Å². The second kappa shape index (κ2) is 6.31. The van der Waals surface area contributed by atoms with E-state index in [4.69, 9.17) is 0 Å². The van der Waals surface area contributed by atoms with Crippen molar-refractivity contribution in [3.63, 3.8) is 0 Å². The molecule has 2 rings (SSSR count). The zero-order chi connectivity index (χ0) is 14.5. The van der Waals surface area contributed by atoms with E-state index < -0.39 is 6.61 Å². The van der Waals surface area contributed by atoms with Crippen LogP contribution in [0.4, 0.5) is 14.5 Å². The van der Waals surface area contributed by atoms with Gasteiger partial charge in [-0.25, -0.2) is 9.67 Å². The minimum atomic E-state index is -2.85. The van der Waals surface area contributed by atoms with Crippen LogP contribution in [0.1, 0.15) is 25.7 Å². The van der Waals surface area contributed by atoms with E-state index in [0.717, 1.165) is 5.82 Å². The number of nitrogens with one attached hydrogen (secondary N) is 1. The summed E-state index contributed by atoms with van der Waals surface area (Å²) in [4.78, 5) is 4.14. The third kappa shape index (κ3) is 3.43. The first-order valence-electron chi connectivity index (χ1n) is 6.24. The zero-order valence-electron chi connectivity index (χ0n) is 11.3. The first-order valence-corrected chi connectivity index (χ1v) is 6.24. The minimum absolute atomic E-state index is 0.109. The summed E-state index contributed by atoms with van der Waals surface area (Å²) in [5.74, 6) is 0.838. The number of alkyl halides is 2. The van der Waals surface area contributed by atoms with Crippen LogP contribution in [0.15, 0.2) is 30.6 Å². The lowest BCUT2D eigenvalue weighted by Crippen LogP contribution is -2.13. The molecule has 108 valence electrons. The van der Waals surface area contributed by atoms with Crippen molar-refractivity contribution in [1.82, 2.24) is 14.8 Å². The summed E-state index contributed by atoms with van der Waals surface area (Å²) in [6.07, 6.45) is 1.47. The molecular weight excluding hydrogens is 266 g/mol. The number of rotatable bonds is 6. The van der Waals surface area contributed by atoms with Crippen LogP contribution in [0.5, 0.6) is 5.75 Å². The lowest BCUT2D eigenvalue weighted by Gasteiger charge is -2.13. The van der Waals surface area contributed by atoms with Gasteiger partial charge in [-0.05, 0) is 26.0 Å². The molecule has 20 heavy (non-hydrogen) atoms. The molecular formula is C13H16F2N4O. The molecule has 2 aromatic rings. The molecule has 0 saturated carbocycles. The van der Waals surface area contributed by atoms with Crippen molar-refractivity contribution in [3.05, 3.63) is 36.4 Å². The van der Waals surface area contributed by atoms with Crippen molar-refractivity contribution >= 4 is 5.69 Å². The molecule has 7 heteroatoms. The Kier molecular flexibility index (Phi) is 4.49. The average molecular weight is 282 g/mol. The van der Waals surface area contributed by atoms with Crippen molar-refractivity contribution in [2.75, 3.05) is 5.32 Å². The van der Waals surface area contributed by atoms with Gasteiger partial charge in [-0.2, -0.15) is 13.9 Å². The Hall–Kier alpha value is -2.18. The predicted molar refractivity (Wildman–Crippen MR) is 70.8 cm³/mol. The molecule has 0 bridgehead atoms. The fraction of sp³-hybridized carbons (Fsp3) is 0.385. The molecule has 0 aliphatic carbocycles. The predicted octanol–water partition coefficient (Wildman–Crippen LogP) is 3.07. The number of benzene rings is 1. The SMILES string of the molecule is CC(C)n1ncnc1CNc1ccccc1OC(F)F. The van der Waals surface area contributed by atoms with Crippen LogP contribution in [0.3, 0.4) is 0 Å². The Labute approximate surface area is 115 Å². The second-order valence-corrected chi connectivity index (χ2v) is 4.44. The summed E-state index contributed by atoms with van der Waals surface area (Å²) in [6, 6.07) is 6.73. The molecule has 1 aromatic carbocycles. The molecule has 0 aliphatic heterocycles. The Morgan fingerprint density at radius 3 is 2.75 bits per heavy atom. The van der Waals surface area contributed by atoms with Gasteiger partial charge in [0.25, 0.3) is 0 Å². The van der Waals surface area contributed by atoms with Crippen LogP contribution in [-0.4, -0.2) is 21.4 Å². The summed E-state index contributed by atoms with van der Waals surface area (Å²) in [6.45, 7) is 1.51. The van der Waals surface area contributed by atoms with E-state index in [1.165, 1.54) is 12.4 Å². The molecule has 0 radical (unpaired) electrons. The summed E-state index contributed by atoms with van der Waals surface area (Å²) >= 11 is 0. The number of hydrogen-bond donors (Lipinski definition) is 1. The molecule has 0 spiro atoms. The standard InChI is InChI=1S/C13H16F2N4O/c1-9(2)19-12(17-8-18-19)7-16-10-5-3-4-6-11(10)20-13(14)15/h3-6,8-9,13,16H,7H2,1-2H3. The second-order valence-electron chi connectivity index (χ2n) is 4.44. The fourth-order valence-electron chi connectivity index (χ4n) is 1.82. The number of nitrogens with zero attached hydrogens (tertiary/aromatic N) is 3. The molecule has 0 unspecified atom stereocenters. The normalized spacial score (nSPS) is 11.1. The smallest absolute Gasteiger partial charge is 0.387 e. The van der Waals surface area contributed by atoms with Crippen molar-refractivity contribution in [2.24, 2.45) is 0 Å². The molecule has 1 N–H and O–H groups in total. The third-order valence-corrected chi connectivity index (χ3v) is 2.68. The highest BCUT2D eigenvalue weighted by molar-refractivity contribution is 5.56. The van der Waals surface area contributed by atoms with Crippen LogP contribution in [-0.2, 0) is 6.54 Å². The van der Waals surface area contributed by atoms with Crippen LogP contribution < -0.4 is 10.1 Å². The highest BCUT2D eigenvalue weighted by Crippen LogP contribution is 2.25. The van der Waals surface area contributed by atoms with Gasteiger partial charge in [0.2, 0.25) is 0 Å². The molecule has 0 saturated heterocycles. The Balaban J connectivity index is 2.09. The van der Waals surface area contributed by atoms with Gasteiger partial charge in [0, 0.05) is 6.04 Å². The number of anilines is 1. The number of para-hydroxylation sites is 2. The first kappa shape index (κ1) is 14.2. The summed E-state index contributed by atoms with van der Waals surface area (Å²) in [5.41, 5.74) is 0.492. The van der Waals surface area contributed by atoms with E-state index in [1.807, 2.05) is 13.8 Å².